The van der Waals surface area contributed by atoms with Gasteiger partial charge in [0, 0.05) is 56.2 Å². The molecule has 0 radical (unpaired) electrons. The molecule has 1 aliphatic heterocycles. The number of benzene rings is 1. The summed E-state index contributed by atoms with van der Waals surface area (Å²) in [5.74, 6) is 0.0744. The lowest BCUT2D eigenvalue weighted by molar-refractivity contribution is -0.126. The molecule has 0 bridgehead atoms. The van der Waals surface area contributed by atoms with Gasteiger partial charge in [-0.3, -0.25) is 9.48 Å². The lowest BCUT2D eigenvalue weighted by Crippen LogP contribution is -2.48. The van der Waals surface area contributed by atoms with Gasteiger partial charge in [-0.2, -0.15) is 5.10 Å². The average Bonchev–Trinajstić information content (AvgIpc) is 2.86. The molecule has 1 aliphatic rings. The largest absolute Gasteiger partial charge is 0.368 e. The predicted molar refractivity (Wildman–Crippen MR) is 97.0 cm³/mol. The number of aryl methyl sites for hydroxylation is 2. The Bertz CT molecular complexity index is 740. The van der Waals surface area contributed by atoms with Crippen LogP contribution in [-0.4, -0.2) is 46.8 Å². The Hall–Kier alpha value is -2.56. The lowest BCUT2D eigenvalue weighted by Gasteiger charge is -2.35. The van der Waals surface area contributed by atoms with Crippen molar-refractivity contribution < 1.29 is 4.79 Å². The summed E-state index contributed by atoms with van der Waals surface area (Å²) in [5, 5.41) is 4.38. The molecule has 2 heterocycles. The van der Waals surface area contributed by atoms with Crippen LogP contribution < -0.4 is 4.90 Å². The number of hydrogen-bond acceptors (Lipinski definition) is 3. The SMILES string of the molecule is Cc1nn(C)c(C)c1/C=C/C(=O)N1CCN(c2ccccc2)CC1. The molecule has 0 atom stereocenters. The third-order valence-corrected chi connectivity index (χ3v) is 4.67. The number of carbonyl (C=O) groups is 1. The Kier molecular flexibility index (Phi) is 4.69. The van der Waals surface area contributed by atoms with Crippen molar-refractivity contribution in [2.24, 2.45) is 7.05 Å². The monoisotopic (exact) mass is 324 g/mol. The van der Waals surface area contributed by atoms with Crippen LogP contribution in [0, 0.1) is 13.8 Å². The molecule has 2 aromatic rings. The smallest absolute Gasteiger partial charge is 0.246 e. The Morgan fingerprint density at radius 1 is 1.08 bits per heavy atom. The molecule has 1 saturated heterocycles. The normalized spacial score (nSPS) is 15.3. The fraction of sp³-hybridized carbons (Fsp3) is 0.368. The molecule has 1 fully saturated rings. The minimum Gasteiger partial charge on any atom is -0.368 e. The van der Waals surface area contributed by atoms with E-state index in [1.54, 1.807) is 6.08 Å². The zero-order chi connectivity index (χ0) is 17.1. The number of nitrogens with zero attached hydrogens (tertiary/aromatic N) is 4. The number of aromatic nitrogens is 2. The van der Waals surface area contributed by atoms with E-state index in [1.807, 2.05) is 54.8 Å². The van der Waals surface area contributed by atoms with E-state index in [4.69, 9.17) is 0 Å². The molecule has 24 heavy (non-hydrogen) atoms. The lowest BCUT2D eigenvalue weighted by atomic mass is 10.2. The van der Waals surface area contributed by atoms with Crippen molar-refractivity contribution in [2.45, 2.75) is 13.8 Å². The Morgan fingerprint density at radius 2 is 1.75 bits per heavy atom. The van der Waals surface area contributed by atoms with Crippen LogP contribution in [0.2, 0.25) is 0 Å². The predicted octanol–water partition coefficient (Wildman–Crippen LogP) is 2.40. The maximum Gasteiger partial charge on any atom is 0.246 e. The van der Waals surface area contributed by atoms with Crippen molar-refractivity contribution in [1.82, 2.24) is 14.7 Å². The van der Waals surface area contributed by atoms with E-state index in [0.717, 1.165) is 43.1 Å². The van der Waals surface area contributed by atoms with E-state index in [2.05, 4.69) is 22.1 Å². The van der Waals surface area contributed by atoms with Gasteiger partial charge in [0.25, 0.3) is 0 Å². The van der Waals surface area contributed by atoms with Crippen LogP contribution in [-0.2, 0) is 11.8 Å². The van der Waals surface area contributed by atoms with E-state index in [0.29, 0.717) is 0 Å². The summed E-state index contributed by atoms with van der Waals surface area (Å²) in [4.78, 5) is 16.7. The van der Waals surface area contributed by atoms with Gasteiger partial charge >= 0.3 is 0 Å². The number of para-hydroxylation sites is 1. The summed E-state index contributed by atoms with van der Waals surface area (Å²) in [6.07, 6.45) is 3.57. The third-order valence-electron chi connectivity index (χ3n) is 4.67. The Morgan fingerprint density at radius 3 is 2.33 bits per heavy atom. The molecular weight excluding hydrogens is 300 g/mol. The third kappa shape index (κ3) is 3.35. The Balaban J connectivity index is 1.60. The van der Waals surface area contributed by atoms with Crippen LogP contribution in [0.25, 0.3) is 6.08 Å². The van der Waals surface area contributed by atoms with Crippen LogP contribution >= 0.6 is 0 Å². The van der Waals surface area contributed by atoms with Crippen LogP contribution in [0.15, 0.2) is 36.4 Å². The fourth-order valence-corrected chi connectivity index (χ4v) is 3.12. The molecular formula is C19H24N4O. The quantitative estimate of drug-likeness (QED) is 0.814. The first-order valence-electron chi connectivity index (χ1n) is 8.33. The van der Waals surface area contributed by atoms with Gasteiger partial charge in [0.2, 0.25) is 5.91 Å². The number of carbonyl (C=O) groups excluding carboxylic acids is 1. The molecule has 1 aromatic heterocycles. The van der Waals surface area contributed by atoms with Crippen molar-refractivity contribution in [3.8, 4) is 0 Å². The van der Waals surface area contributed by atoms with Gasteiger partial charge in [0.05, 0.1) is 5.69 Å². The zero-order valence-electron chi connectivity index (χ0n) is 14.6. The van der Waals surface area contributed by atoms with Crippen LogP contribution in [0.1, 0.15) is 17.0 Å². The zero-order valence-corrected chi connectivity index (χ0v) is 14.6. The van der Waals surface area contributed by atoms with Crippen molar-refractivity contribution >= 4 is 17.7 Å². The second kappa shape index (κ2) is 6.91. The number of piperazine rings is 1. The molecule has 0 unspecified atom stereocenters. The number of rotatable bonds is 3. The highest BCUT2D eigenvalue weighted by molar-refractivity contribution is 5.92. The van der Waals surface area contributed by atoms with Crippen LogP contribution in [0.5, 0.6) is 0 Å². The summed E-state index contributed by atoms with van der Waals surface area (Å²) in [6, 6.07) is 10.4. The minimum atomic E-state index is 0.0744. The first-order chi connectivity index (χ1) is 11.6. The van der Waals surface area contributed by atoms with E-state index in [-0.39, 0.29) is 5.91 Å². The van der Waals surface area contributed by atoms with E-state index in [9.17, 15) is 4.79 Å². The molecule has 1 aromatic carbocycles. The van der Waals surface area contributed by atoms with Gasteiger partial charge in [0.15, 0.2) is 0 Å². The molecule has 5 heteroatoms. The molecule has 0 spiro atoms. The first-order valence-corrected chi connectivity index (χ1v) is 8.33. The molecule has 0 saturated carbocycles. The van der Waals surface area contributed by atoms with Crippen molar-refractivity contribution in [2.75, 3.05) is 31.1 Å². The van der Waals surface area contributed by atoms with Crippen molar-refractivity contribution in [3.05, 3.63) is 53.4 Å². The van der Waals surface area contributed by atoms with Crippen LogP contribution in [0.3, 0.4) is 0 Å². The standard InChI is InChI=1S/C19H24N4O/c1-15-18(16(2)21(3)20-15)9-10-19(24)23-13-11-22(12-14-23)17-7-5-4-6-8-17/h4-10H,11-14H2,1-3H3/b10-9+. The molecule has 0 N–H and O–H groups in total. The summed E-state index contributed by atoms with van der Waals surface area (Å²) >= 11 is 0. The maximum atomic E-state index is 12.4. The maximum absolute atomic E-state index is 12.4. The summed E-state index contributed by atoms with van der Waals surface area (Å²) < 4.78 is 1.85. The fourth-order valence-electron chi connectivity index (χ4n) is 3.12. The molecule has 126 valence electrons. The average molecular weight is 324 g/mol. The van der Waals surface area contributed by atoms with Gasteiger partial charge in [-0.25, -0.2) is 0 Å². The summed E-state index contributed by atoms with van der Waals surface area (Å²) in [5.41, 5.74) is 4.29. The van der Waals surface area contributed by atoms with E-state index < -0.39 is 0 Å². The summed E-state index contributed by atoms with van der Waals surface area (Å²) in [6.45, 7) is 7.23. The molecule has 0 aliphatic carbocycles. The van der Waals surface area contributed by atoms with Crippen molar-refractivity contribution in [1.29, 1.82) is 0 Å². The second-order valence-corrected chi connectivity index (χ2v) is 6.19. The number of amides is 1. The van der Waals surface area contributed by atoms with Gasteiger partial charge in [-0.15, -0.1) is 0 Å². The molecule has 5 nitrogen and oxygen atoms in total. The van der Waals surface area contributed by atoms with Gasteiger partial charge in [0.1, 0.15) is 0 Å². The van der Waals surface area contributed by atoms with Crippen LogP contribution in [0.4, 0.5) is 5.69 Å². The highest BCUT2D eigenvalue weighted by Gasteiger charge is 2.19. The topological polar surface area (TPSA) is 41.4 Å². The second-order valence-electron chi connectivity index (χ2n) is 6.19. The van der Waals surface area contributed by atoms with Crippen molar-refractivity contribution in [3.63, 3.8) is 0 Å². The van der Waals surface area contributed by atoms with E-state index >= 15 is 0 Å². The molecule has 1 amide bonds. The highest BCUT2D eigenvalue weighted by Crippen LogP contribution is 2.17. The first kappa shape index (κ1) is 16.3. The Labute approximate surface area is 143 Å². The summed E-state index contributed by atoms with van der Waals surface area (Å²) in [7, 11) is 1.92. The van der Waals surface area contributed by atoms with Gasteiger partial charge in [-0.1, -0.05) is 18.2 Å². The number of hydrogen-bond donors (Lipinski definition) is 0. The minimum absolute atomic E-state index is 0.0744. The highest BCUT2D eigenvalue weighted by atomic mass is 16.2. The number of anilines is 1. The molecule has 3 rings (SSSR count). The van der Waals surface area contributed by atoms with Gasteiger partial charge in [-0.05, 0) is 32.1 Å². The van der Waals surface area contributed by atoms with Gasteiger partial charge < -0.3 is 9.80 Å². The van der Waals surface area contributed by atoms with E-state index in [1.165, 1.54) is 5.69 Å².